The van der Waals surface area contributed by atoms with E-state index in [1.54, 1.807) is 6.08 Å². The van der Waals surface area contributed by atoms with Gasteiger partial charge < -0.3 is 10.2 Å². The van der Waals surface area contributed by atoms with E-state index in [1.165, 1.54) is 12.6 Å². The van der Waals surface area contributed by atoms with E-state index in [9.17, 15) is 4.79 Å². The number of rotatable bonds is 2. The number of likely N-dealkylation sites (N-methyl/N-ethyl adjacent to an activating group) is 1. The van der Waals surface area contributed by atoms with Crippen molar-refractivity contribution >= 4 is 29.3 Å². The third kappa shape index (κ3) is 3.20. The van der Waals surface area contributed by atoms with E-state index in [0.29, 0.717) is 16.5 Å². The molecule has 0 spiro atoms. The molecule has 0 saturated carbocycles. The molecule has 0 saturated heterocycles. The summed E-state index contributed by atoms with van der Waals surface area (Å²) in [6.45, 7) is 6.62. The molecular formula is C18H22ClN3O. The SMILES string of the molecule is CNC(=O)/C(C#N)=C/c1cc2c(cc1Cl)N(C)C(C)(C)CC2C. The number of carbonyl (C=O) groups excluding carboxylic acids is 1. The molecule has 1 amide bonds. The van der Waals surface area contributed by atoms with Crippen LogP contribution in [0.4, 0.5) is 5.69 Å². The number of hydrogen-bond acceptors (Lipinski definition) is 3. The van der Waals surface area contributed by atoms with Gasteiger partial charge in [-0.1, -0.05) is 18.5 Å². The summed E-state index contributed by atoms with van der Waals surface area (Å²) in [5.74, 6) is -0.0289. The molecule has 0 radical (unpaired) electrons. The van der Waals surface area contributed by atoms with Crippen LogP contribution in [0.1, 0.15) is 44.2 Å². The number of nitrogens with zero attached hydrogens (tertiary/aromatic N) is 2. The predicted molar refractivity (Wildman–Crippen MR) is 94.6 cm³/mol. The van der Waals surface area contributed by atoms with Crippen molar-refractivity contribution < 1.29 is 4.79 Å². The minimum absolute atomic E-state index is 0.0477. The quantitative estimate of drug-likeness (QED) is 0.664. The monoisotopic (exact) mass is 331 g/mol. The maximum Gasteiger partial charge on any atom is 0.261 e. The van der Waals surface area contributed by atoms with Crippen LogP contribution in [0.3, 0.4) is 0 Å². The number of fused-ring (bicyclic) bond motifs is 1. The fourth-order valence-electron chi connectivity index (χ4n) is 3.15. The van der Waals surface area contributed by atoms with E-state index in [4.69, 9.17) is 16.9 Å². The number of amides is 1. The van der Waals surface area contributed by atoms with Gasteiger partial charge in [-0.2, -0.15) is 5.26 Å². The van der Waals surface area contributed by atoms with Crippen LogP contribution < -0.4 is 10.2 Å². The van der Waals surface area contributed by atoms with E-state index in [0.717, 1.165) is 12.1 Å². The van der Waals surface area contributed by atoms with Crippen molar-refractivity contribution in [2.75, 3.05) is 19.0 Å². The van der Waals surface area contributed by atoms with Gasteiger partial charge in [-0.25, -0.2) is 0 Å². The Morgan fingerprint density at radius 3 is 2.74 bits per heavy atom. The molecule has 1 unspecified atom stereocenters. The molecular weight excluding hydrogens is 310 g/mol. The molecule has 0 bridgehead atoms. The molecule has 0 fully saturated rings. The summed E-state index contributed by atoms with van der Waals surface area (Å²) in [5, 5.41) is 12.2. The van der Waals surface area contributed by atoms with Crippen LogP contribution in [-0.4, -0.2) is 25.5 Å². The average Bonchev–Trinajstić information content (AvgIpc) is 2.50. The van der Waals surface area contributed by atoms with Crippen LogP contribution in [0.2, 0.25) is 5.02 Å². The minimum atomic E-state index is -0.410. The molecule has 1 aliphatic rings. The first-order valence-corrected chi connectivity index (χ1v) is 8.00. The first-order valence-electron chi connectivity index (χ1n) is 7.62. The van der Waals surface area contributed by atoms with Gasteiger partial charge >= 0.3 is 0 Å². The number of nitrogens with one attached hydrogen (secondary N) is 1. The van der Waals surface area contributed by atoms with Crippen LogP contribution in [0, 0.1) is 11.3 Å². The van der Waals surface area contributed by atoms with Gasteiger partial charge in [-0.05, 0) is 55.5 Å². The number of halogens is 1. The molecule has 5 heteroatoms. The number of anilines is 1. The van der Waals surface area contributed by atoms with Crippen LogP contribution in [0.15, 0.2) is 17.7 Å². The zero-order valence-electron chi connectivity index (χ0n) is 14.2. The molecule has 0 aromatic heterocycles. The maximum absolute atomic E-state index is 11.7. The van der Waals surface area contributed by atoms with Crippen LogP contribution in [0.5, 0.6) is 0 Å². The highest BCUT2D eigenvalue weighted by atomic mass is 35.5. The molecule has 1 aromatic carbocycles. The van der Waals surface area contributed by atoms with E-state index in [1.807, 2.05) is 18.2 Å². The van der Waals surface area contributed by atoms with Gasteiger partial charge in [0.2, 0.25) is 0 Å². The van der Waals surface area contributed by atoms with E-state index in [2.05, 4.69) is 38.0 Å². The summed E-state index contributed by atoms with van der Waals surface area (Å²) in [7, 11) is 3.57. The Kier molecular flexibility index (Phi) is 4.72. The lowest BCUT2D eigenvalue weighted by Gasteiger charge is -2.45. The lowest BCUT2D eigenvalue weighted by Crippen LogP contribution is -2.45. The van der Waals surface area contributed by atoms with Crippen molar-refractivity contribution in [2.24, 2.45) is 0 Å². The van der Waals surface area contributed by atoms with Crippen molar-refractivity contribution in [1.29, 1.82) is 5.26 Å². The first-order chi connectivity index (χ1) is 10.7. The van der Waals surface area contributed by atoms with Crippen molar-refractivity contribution in [2.45, 2.75) is 38.6 Å². The Morgan fingerprint density at radius 1 is 1.52 bits per heavy atom. The highest BCUT2D eigenvalue weighted by molar-refractivity contribution is 6.32. The summed E-state index contributed by atoms with van der Waals surface area (Å²) in [4.78, 5) is 13.9. The predicted octanol–water partition coefficient (Wildman–Crippen LogP) is 3.71. The van der Waals surface area contributed by atoms with E-state index < -0.39 is 5.91 Å². The van der Waals surface area contributed by atoms with Crippen LogP contribution >= 0.6 is 11.6 Å². The minimum Gasteiger partial charge on any atom is -0.369 e. The normalized spacial score (nSPS) is 19.8. The zero-order chi connectivity index (χ0) is 17.4. The lowest BCUT2D eigenvalue weighted by atomic mass is 9.80. The van der Waals surface area contributed by atoms with Gasteiger partial charge in [-0.3, -0.25) is 4.79 Å². The summed E-state index contributed by atoms with van der Waals surface area (Å²) in [5.41, 5.74) is 3.11. The molecule has 2 rings (SSSR count). The van der Waals surface area contributed by atoms with Crippen molar-refractivity contribution in [1.82, 2.24) is 5.32 Å². The van der Waals surface area contributed by atoms with Crippen molar-refractivity contribution in [3.05, 3.63) is 33.9 Å². The Morgan fingerprint density at radius 2 is 2.17 bits per heavy atom. The molecule has 1 aromatic rings. The third-order valence-electron chi connectivity index (χ3n) is 4.64. The third-order valence-corrected chi connectivity index (χ3v) is 4.97. The topological polar surface area (TPSA) is 56.1 Å². The molecule has 1 N–H and O–H groups in total. The first kappa shape index (κ1) is 17.4. The van der Waals surface area contributed by atoms with E-state index >= 15 is 0 Å². The van der Waals surface area contributed by atoms with Crippen molar-refractivity contribution in [3.8, 4) is 6.07 Å². The zero-order valence-corrected chi connectivity index (χ0v) is 15.0. The lowest BCUT2D eigenvalue weighted by molar-refractivity contribution is -0.116. The molecule has 122 valence electrons. The van der Waals surface area contributed by atoms with Gasteiger partial charge in [0.1, 0.15) is 11.6 Å². The Bertz CT molecular complexity index is 716. The standard InChI is InChI=1S/C18H22ClN3O/c1-11-9-18(2,3)22(5)16-8-15(19)12(7-14(11)16)6-13(10-20)17(23)21-4/h6-8,11H,9H2,1-5H3,(H,21,23)/b13-6+. The van der Waals surface area contributed by atoms with Gasteiger partial charge in [0.25, 0.3) is 5.91 Å². The highest BCUT2D eigenvalue weighted by Crippen LogP contribution is 2.44. The average molecular weight is 332 g/mol. The number of benzene rings is 1. The molecule has 4 nitrogen and oxygen atoms in total. The second kappa shape index (κ2) is 6.25. The highest BCUT2D eigenvalue weighted by Gasteiger charge is 2.34. The summed E-state index contributed by atoms with van der Waals surface area (Å²) in [6.07, 6.45) is 2.58. The molecule has 23 heavy (non-hydrogen) atoms. The van der Waals surface area contributed by atoms with Gasteiger partial charge in [0, 0.05) is 30.3 Å². The van der Waals surface area contributed by atoms with E-state index in [-0.39, 0.29) is 11.1 Å². The second-order valence-electron chi connectivity index (χ2n) is 6.66. The number of hydrogen-bond donors (Lipinski definition) is 1. The number of carbonyl (C=O) groups is 1. The fourth-order valence-corrected chi connectivity index (χ4v) is 3.37. The molecule has 1 atom stereocenters. The summed E-state index contributed by atoms with van der Waals surface area (Å²) >= 11 is 6.40. The smallest absolute Gasteiger partial charge is 0.261 e. The summed E-state index contributed by atoms with van der Waals surface area (Å²) < 4.78 is 0. The Labute approximate surface area is 142 Å². The molecule has 0 aliphatic carbocycles. The van der Waals surface area contributed by atoms with Crippen molar-refractivity contribution in [3.63, 3.8) is 0 Å². The number of nitriles is 1. The van der Waals surface area contributed by atoms with Gasteiger partial charge in [0.05, 0.1) is 0 Å². The van der Waals surface area contributed by atoms with Gasteiger partial charge in [-0.15, -0.1) is 0 Å². The summed E-state index contributed by atoms with van der Waals surface area (Å²) in [6, 6.07) is 5.85. The van der Waals surface area contributed by atoms with Gasteiger partial charge in [0.15, 0.2) is 0 Å². The fraction of sp³-hybridized carbons (Fsp3) is 0.444. The maximum atomic E-state index is 11.7. The Balaban J connectivity index is 2.56. The van der Waals surface area contributed by atoms with Crippen LogP contribution in [-0.2, 0) is 4.79 Å². The molecule has 1 aliphatic heterocycles. The molecule has 1 heterocycles. The Hall–Kier alpha value is -1.99. The largest absolute Gasteiger partial charge is 0.369 e. The van der Waals surface area contributed by atoms with Crippen LogP contribution in [0.25, 0.3) is 6.08 Å². The second-order valence-corrected chi connectivity index (χ2v) is 7.07.